The molecule has 0 spiro atoms. The van der Waals surface area contributed by atoms with Gasteiger partial charge in [0.15, 0.2) is 0 Å². The molecule has 2 aromatic rings. The Balaban J connectivity index is 1.97. The molecule has 1 saturated carbocycles. The predicted octanol–water partition coefficient (Wildman–Crippen LogP) is 3.09. The molecule has 0 saturated heterocycles. The van der Waals surface area contributed by atoms with Crippen LogP contribution >= 0.6 is 0 Å². The van der Waals surface area contributed by atoms with Gasteiger partial charge in [0.2, 0.25) is 0 Å². The standard InChI is InChI=1S/C13H16N2O/c16-11-6-7-13-14-12(9-15(13)8-11)10-4-2-1-3-5-10/h6-10,16H,1-5H2. The normalized spacial score (nSPS) is 18.0. The van der Waals surface area contributed by atoms with E-state index in [0.29, 0.717) is 11.7 Å². The Hall–Kier alpha value is -1.51. The van der Waals surface area contributed by atoms with Crippen LogP contribution in [0, 0.1) is 0 Å². The lowest BCUT2D eigenvalue weighted by molar-refractivity contribution is 0.438. The fourth-order valence-corrected chi connectivity index (χ4v) is 2.59. The Bertz CT molecular complexity index is 498. The molecule has 2 heterocycles. The van der Waals surface area contributed by atoms with Crippen molar-refractivity contribution in [3.05, 3.63) is 30.2 Å². The number of nitrogens with zero attached hydrogens (tertiary/aromatic N) is 2. The molecule has 1 aliphatic rings. The topological polar surface area (TPSA) is 37.5 Å². The van der Waals surface area contributed by atoms with Gasteiger partial charge in [-0.15, -0.1) is 0 Å². The first-order chi connectivity index (χ1) is 7.83. The van der Waals surface area contributed by atoms with Crippen LogP contribution in [0.4, 0.5) is 0 Å². The lowest BCUT2D eigenvalue weighted by Gasteiger charge is -2.19. The van der Waals surface area contributed by atoms with Crippen molar-refractivity contribution >= 4 is 5.65 Å². The summed E-state index contributed by atoms with van der Waals surface area (Å²) in [5.74, 6) is 0.913. The molecule has 0 atom stereocenters. The molecule has 0 aromatic carbocycles. The number of aromatic hydroxyl groups is 1. The number of imidazole rings is 1. The summed E-state index contributed by atoms with van der Waals surface area (Å²) in [6.45, 7) is 0. The zero-order valence-corrected chi connectivity index (χ0v) is 9.26. The summed E-state index contributed by atoms with van der Waals surface area (Å²) in [6, 6.07) is 3.55. The van der Waals surface area contributed by atoms with Gasteiger partial charge in [0.25, 0.3) is 0 Å². The zero-order chi connectivity index (χ0) is 11.0. The minimum Gasteiger partial charge on any atom is -0.506 e. The summed E-state index contributed by atoms with van der Waals surface area (Å²) in [5, 5.41) is 9.40. The molecule has 3 heteroatoms. The van der Waals surface area contributed by atoms with Crippen molar-refractivity contribution in [1.82, 2.24) is 9.38 Å². The van der Waals surface area contributed by atoms with Gasteiger partial charge in [-0.1, -0.05) is 19.3 Å². The van der Waals surface area contributed by atoms with Crippen LogP contribution in [0.1, 0.15) is 43.7 Å². The van der Waals surface area contributed by atoms with Gasteiger partial charge in [-0.3, -0.25) is 0 Å². The van der Waals surface area contributed by atoms with Crippen molar-refractivity contribution in [2.45, 2.75) is 38.0 Å². The van der Waals surface area contributed by atoms with Crippen LogP contribution < -0.4 is 0 Å². The van der Waals surface area contributed by atoms with Crippen molar-refractivity contribution in [2.24, 2.45) is 0 Å². The maximum Gasteiger partial charge on any atom is 0.137 e. The lowest BCUT2D eigenvalue weighted by Crippen LogP contribution is -2.04. The van der Waals surface area contributed by atoms with Crippen LogP contribution in [0.2, 0.25) is 0 Å². The molecule has 2 aromatic heterocycles. The Morgan fingerprint density at radius 3 is 2.75 bits per heavy atom. The average molecular weight is 216 g/mol. The van der Waals surface area contributed by atoms with Gasteiger partial charge in [-0.25, -0.2) is 4.98 Å². The van der Waals surface area contributed by atoms with Gasteiger partial charge >= 0.3 is 0 Å². The molecule has 3 nitrogen and oxygen atoms in total. The van der Waals surface area contributed by atoms with E-state index in [0.717, 1.165) is 5.65 Å². The Labute approximate surface area is 94.7 Å². The molecular weight excluding hydrogens is 200 g/mol. The van der Waals surface area contributed by atoms with E-state index in [2.05, 4.69) is 11.2 Å². The van der Waals surface area contributed by atoms with E-state index in [4.69, 9.17) is 0 Å². The lowest BCUT2D eigenvalue weighted by atomic mass is 9.87. The van der Waals surface area contributed by atoms with Gasteiger partial charge in [0, 0.05) is 12.1 Å². The van der Waals surface area contributed by atoms with E-state index in [9.17, 15) is 5.11 Å². The number of pyridine rings is 1. The van der Waals surface area contributed by atoms with Gasteiger partial charge in [-0.2, -0.15) is 0 Å². The third-order valence-electron chi connectivity index (χ3n) is 3.48. The smallest absolute Gasteiger partial charge is 0.137 e. The molecule has 16 heavy (non-hydrogen) atoms. The highest BCUT2D eigenvalue weighted by molar-refractivity contribution is 5.43. The quantitative estimate of drug-likeness (QED) is 0.795. The largest absolute Gasteiger partial charge is 0.506 e. The van der Waals surface area contributed by atoms with E-state index < -0.39 is 0 Å². The average Bonchev–Trinajstić information content (AvgIpc) is 2.73. The predicted molar refractivity (Wildman–Crippen MR) is 62.7 cm³/mol. The second kappa shape index (κ2) is 3.81. The molecule has 0 unspecified atom stereocenters. The van der Waals surface area contributed by atoms with Crippen LogP contribution in [0.5, 0.6) is 5.75 Å². The summed E-state index contributed by atoms with van der Waals surface area (Å²) in [6.07, 6.45) is 10.3. The van der Waals surface area contributed by atoms with Crippen LogP contribution in [-0.4, -0.2) is 14.5 Å². The first-order valence-corrected chi connectivity index (χ1v) is 6.00. The highest BCUT2D eigenvalue weighted by Crippen LogP contribution is 2.32. The molecule has 1 N–H and O–H groups in total. The summed E-state index contributed by atoms with van der Waals surface area (Å²) in [4.78, 5) is 4.63. The molecular formula is C13H16N2O. The molecule has 1 aliphatic carbocycles. The Morgan fingerprint density at radius 2 is 1.94 bits per heavy atom. The Morgan fingerprint density at radius 1 is 1.12 bits per heavy atom. The molecule has 0 aliphatic heterocycles. The first-order valence-electron chi connectivity index (χ1n) is 6.00. The van der Waals surface area contributed by atoms with Gasteiger partial charge in [0.05, 0.1) is 11.9 Å². The molecule has 0 bridgehead atoms. The highest BCUT2D eigenvalue weighted by atomic mass is 16.3. The minimum absolute atomic E-state index is 0.292. The summed E-state index contributed by atoms with van der Waals surface area (Å²) >= 11 is 0. The van der Waals surface area contributed by atoms with Crippen molar-refractivity contribution in [2.75, 3.05) is 0 Å². The number of rotatable bonds is 1. The molecule has 1 fully saturated rings. The maximum atomic E-state index is 9.40. The van der Waals surface area contributed by atoms with Crippen molar-refractivity contribution in [1.29, 1.82) is 0 Å². The second-order valence-electron chi connectivity index (χ2n) is 4.65. The van der Waals surface area contributed by atoms with Crippen molar-refractivity contribution in [3.63, 3.8) is 0 Å². The van der Waals surface area contributed by atoms with Crippen LogP contribution in [0.3, 0.4) is 0 Å². The molecule has 0 radical (unpaired) electrons. The van der Waals surface area contributed by atoms with Crippen LogP contribution in [0.15, 0.2) is 24.5 Å². The molecule has 3 rings (SSSR count). The third-order valence-corrected chi connectivity index (χ3v) is 3.48. The van der Waals surface area contributed by atoms with Crippen LogP contribution in [0.25, 0.3) is 5.65 Å². The van der Waals surface area contributed by atoms with Gasteiger partial charge in [0.1, 0.15) is 11.4 Å². The number of aromatic nitrogens is 2. The molecule has 0 amide bonds. The molecule has 84 valence electrons. The summed E-state index contributed by atoms with van der Waals surface area (Å²) < 4.78 is 1.92. The maximum absolute atomic E-state index is 9.40. The SMILES string of the molecule is Oc1ccc2nc(C3CCCCC3)cn2c1. The fourth-order valence-electron chi connectivity index (χ4n) is 2.59. The van der Waals surface area contributed by atoms with Gasteiger partial charge in [-0.05, 0) is 25.0 Å². The van der Waals surface area contributed by atoms with Gasteiger partial charge < -0.3 is 9.51 Å². The number of hydrogen-bond donors (Lipinski definition) is 1. The number of hydrogen-bond acceptors (Lipinski definition) is 2. The minimum atomic E-state index is 0.292. The van der Waals surface area contributed by atoms with Crippen LogP contribution in [-0.2, 0) is 0 Å². The number of fused-ring (bicyclic) bond motifs is 1. The van der Waals surface area contributed by atoms with E-state index in [1.807, 2.05) is 10.5 Å². The summed E-state index contributed by atoms with van der Waals surface area (Å²) in [7, 11) is 0. The van der Waals surface area contributed by atoms with E-state index in [-0.39, 0.29) is 0 Å². The highest BCUT2D eigenvalue weighted by Gasteiger charge is 2.18. The Kier molecular flexibility index (Phi) is 2.31. The van der Waals surface area contributed by atoms with Crippen molar-refractivity contribution in [3.8, 4) is 5.75 Å². The fraction of sp³-hybridized carbons (Fsp3) is 0.462. The van der Waals surface area contributed by atoms with E-state index >= 15 is 0 Å². The first kappa shape index (κ1) is 9.70. The third kappa shape index (κ3) is 1.66. The monoisotopic (exact) mass is 216 g/mol. The van der Waals surface area contributed by atoms with E-state index in [1.54, 1.807) is 12.3 Å². The zero-order valence-electron chi connectivity index (χ0n) is 9.26. The second-order valence-corrected chi connectivity index (χ2v) is 4.65. The summed E-state index contributed by atoms with van der Waals surface area (Å²) in [5.41, 5.74) is 2.11. The van der Waals surface area contributed by atoms with E-state index in [1.165, 1.54) is 37.8 Å². The van der Waals surface area contributed by atoms with Crippen molar-refractivity contribution < 1.29 is 5.11 Å².